The number of pyridine rings is 2. The van der Waals surface area contributed by atoms with Gasteiger partial charge in [0, 0.05) is 24.2 Å². The standard InChI is InChI=1S/C15H15N5O/c21-15(5-1-3-11-4-2-6-16-8-11)19-14-7-12-9-18-20-13(12)10-17-14/h2,4,6-10H,1,3,5H2,(H,18,20)(H,17,19,21). The van der Waals surface area contributed by atoms with Gasteiger partial charge in [-0.25, -0.2) is 4.98 Å². The van der Waals surface area contributed by atoms with Crippen LogP contribution in [0.2, 0.25) is 0 Å². The molecule has 0 atom stereocenters. The number of rotatable bonds is 5. The lowest BCUT2D eigenvalue weighted by molar-refractivity contribution is -0.116. The molecule has 0 aliphatic heterocycles. The second-order valence-electron chi connectivity index (χ2n) is 4.79. The Balaban J connectivity index is 1.51. The van der Waals surface area contributed by atoms with Crippen molar-refractivity contribution in [3.05, 3.63) is 48.5 Å². The number of aromatic nitrogens is 4. The van der Waals surface area contributed by atoms with Crippen molar-refractivity contribution in [1.82, 2.24) is 20.2 Å². The van der Waals surface area contributed by atoms with Gasteiger partial charge in [-0.2, -0.15) is 5.10 Å². The number of amides is 1. The molecule has 3 aromatic rings. The van der Waals surface area contributed by atoms with Crippen LogP contribution < -0.4 is 5.32 Å². The number of hydrogen-bond donors (Lipinski definition) is 2. The topological polar surface area (TPSA) is 83.6 Å². The number of anilines is 1. The van der Waals surface area contributed by atoms with Crippen molar-refractivity contribution in [2.24, 2.45) is 0 Å². The highest BCUT2D eigenvalue weighted by atomic mass is 16.1. The van der Waals surface area contributed by atoms with Crippen molar-refractivity contribution < 1.29 is 4.79 Å². The Labute approximate surface area is 121 Å². The average Bonchev–Trinajstić information content (AvgIpc) is 2.96. The van der Waals surface area contributed by atoms with Crippen molar-refractivity contribution in [2.45, 2.75) is 19.3 Å². The molecule has 3 rings (SSSR count). The van der Waals surface area contributed by atoms with Gasteiger partial charge in [-0.3, -0.25) is 14.9 Å². The van der Waals surface area contributed by atoms with E-state index in [1.54, 1.807) is 24.7 Å². The summed E-state index contributed by atoms with van der Waals surface area (Å²) in [6, 6.07) is 5.72. The smallest absolute Gasteiger partial charge is 0.225 e. The van der Waals surface area contributed by atoms with Gasteiger partial charge in [0.2, 0.25) is 5.91 Å². The Morgan fingerprint density at radius 1 is 1.29 bits per heavy atom. The molecular weight excluding hydrogens is 266 g/mol. The molecule has 1 amide bonds. The second kappa shape index (κ2) is 6.13. The molecule has 6 nitrogen and oxygen atoms in total. The maximum atomic E-state index is 11.9. The number of nitrogens with one attached hydrogen (secondary N) is 2. The van der Waals surface area contributed by atoms with Crippen LogP contribution in [0.5, 0.6) is 0 Å². The Hall–Kier alpha value is -2.76. The summed E-state index contributed by atoms with van der Waals surface area (Å²) in [5, 5.41) is 10.5. The van der Waals surface area contributed by atoms with Crippen LogP contribution in [0.1, 0.15) is 18.4 Å². The van der Waals surface area contributed by atoms with Crippen molar-refractivity contribution >= 4 is 22.6 Å². The van der Waals surface area contributed by atoms with E-state index in [-0.39, 0.29) is 5.91 Å². The molecule has 21 heavy (non-hydrogen) atoms. The summed E-state index contributed by atoms with van der Waals surface area (Å²) in [5.41, 5.74) is 1.99. The predicted molar refractivity (Wildman–Crippen MR) is 79.7 cm³/mol. The third-order valence-corrected chi connectivity index (χ3v) is 3.18. The first-order valence-corrected chi connectivity index (χ1v) is 6.79. The second-order valence-corrected chi connectivity index (χ2v) is 4.79. The fraction of sp³-hybridized carbons (Fsp3) is 0.200. The molecule has 3 aromatic heterocycles. The first kappa shape index (κ1) is 13.2. The predicted octanol–water partition coefficient (Wildman–Crippen LogP) is 2.31. The molecule has 0 radical (unpaired) electrons. The van der Waals surface area contributed by atoms with Gasteiger partial charge in [0.05, 0.1) is 17.9 Å². The molecule has 0 fully saturated rings. The zero-order valence-corrected chi connectivity index (χ0v) is 11.4. The molecule has 0 aromatic carbocycles. The van der Waals surface area contributed by atoms with E-state index in [1.807, 2.05) is 18.3 Å². The SMILES string of the molecule is O=C(CCCc1cccnc1)Nc1cc2cn[nH]c2cn1. The number of nitrogens with zero attached hydrogens (tertiary/aromatic N) is 3. The third kappa shape index (κ3) is 3.42. The van der Waals surface area contributed by atoms with E-state index in [1.165, 1.54) is 0 Å². The van der Waals surface area contributed by atoms with E-state index in [0.29, 0.717) is 12.2 Å². The maximum absolute atomic E-state index is 11.9. The molecule has 0 spiro atoms. The summed E-state index contributed by atoms with van der Waals surface area (Å²) in [4.78, 5) is 20.1. The summed E-state index contributed by atoms with van der Waals surface area (Å²) < 4.78 is 0. The number of H-pyrrole nitrogens is 1. The van der Waals surface area contributed by atoms with E-state index in [9.17, 15) is 4.79 Å². The number of hydrogen-bond acceptors (Lipinski definition) is 4. The van der Waals surface area contributed by atoms with Crippen LogP contribution in [0.15, 0.2) is 43.0 Å². The maximum Gasteiger partial charge on any atom is 0.225 e. The zero-order chi connectivity index (χ0) is 14.5. The van der Waals surface area contributed by atoms with Crippen LogP contribution in [0.4, 0.5) is 5.82 Å². The summed E-state index contributed by atoms with van der Waals surface area (Å²) >= 11 is 0. The Morgan fingerprint density at radius 2 is 2.24 bits per heavy atom. The summed E-state index contributed by atoms with van der Waals surface area (Å²) in [7, 11) is 0. The van der Waals surface area contributed by atoms with Crippen LogP contribution in [0.3, 0.4) is 0 Å². The lowest BCUT2D eigenvalue weighted by atomic mass is 10.1. The van der Waals surface area contributed by atoms with Crippen LogP contribution in [0.25, 0.3) is 10.9 Å². The van der Waals surface area contributed by atoms with Crippen LogP contribution >= 0.6 is 0 Å². The van der Waals surface area contributed by atoms with Gasteiger partial charge < -0.3 is 5.32 Å². The Morgan fingerprint density at radius 3 is 3.10 bits per heavy atom. The molecule has 106 valence electrons. The molecule has 0 unspecified atom stereocenters. The largest absolute Gasteiger partial charge is 0.311 e. The van der Waals surface area contributed by atoms with Gasteiger partial charge in [-0.05, 0) is 30.5 Å². The monoisotopic (exact) mass is 281 g/mol. The van der Waals surface area contributed by atoms with Gasteiger partial charge in [0.1, 0.15) is 5.82 Å². The van der Waals surface area contributed by atoms with E-state index in [4.69, 9.17) is 0 Å². The van der Waals surface area contributed by atoms with Crippen molar-refractivity contribution in [3.63, 3.8) is 0 Å². The van der Waals surface area contributed by atoms with Crippen LogP contribution in [0, 0.1) is 0 Å². The normalized spacial score (nSPS) is 10.7. The number of aromatic amines is 1. The molecular formula is C15H15N5O. The van der Waals surface area contributed by atoms with Gasteiger partial charge >= 0.3 is 0 Å². The lowest BCUT2D eigenvalue weighted by Crippen LogP contribution is -2.12. The number of fused-ring (bicyclic) bond motifs is 1. The van der Waals surface area contributed by atoms with Gasteiger partial charge in [0.25, 0.3) is 0 Å². The number of carbonyl (C=O) groups excluding carboxylic acids is 1. The number of carbonyl (C=O) groups is 1. The van der Waals surface area contributed by atoms with Crippen molar-refractivity contribution in [1.29, 1.82) is 0 Å². The minimum absolute atomic E-state index is 0.0331. The zero-order valence-electron chi connectivity index (χ0n) is 11.4. The van der Waals surface area contributed by atoms with E-state index in [2.05, 4.69) is 25.5 Å². The quantitative estimate of drug-likeness (QED) is 0.751. The van der Waals surface area contributed by atoms with Gasteiger partial charge in [0.15, 0.2) is 0 Å². The summed E-state index contributed by atoms with van der Waals surface area (Å²) in [6.45, 7) is 0. The van der Waals surface area contributed by atoms with Gasteiger partial charge in [-0.1, -0.05) is 6.07 Å². The first-order chi connectivity index (χ1) is 10.3. The van der Waals surface area contributed by atoms with Gasteiger partial charge in [-0.15, -0.1) is 0 Å². The van der Waals surface area contributed by atoms with E-state index < -0.39 is 0 Å². The van der Waals surface area contributed by atoms with E-state index >= 15 is 0 Å². The van der Waals surface area contributed by atoms with E-state index in [0.717, 1.165) is 29.3 Å². The molecule has 6 heteroatoms. The number of aryl methyl sites for hydroxylation is 1. The van der Waals surface area contributed by atoms with Crippen molar-refractivity contribution in [3.8, 4) is 0 Å². The fourth-order valence-corrected chi connectivity index (χ4v) is 2.12. The molecule has 0 saturated heterocycles. The molecule has 3 heterocycles. The summed E-state index contributed by atoms with van der Waals surface area (Å²) in [6.07, 6.45) is 9.02. The Kier molecular flexibility index (Phi) is 3.86. The molecule has 0 aliphatic carbocycles. The molecule has 0 aliphatic rings. The first-order valence-electron chi connectivity index (χ1n) is 6.79. The molecule has 2 N–H and O–H groups in total. The molecule has 0 bridgehead atoms. The third-order valence-electron chi connectivity index (χ3n) is 3.18. The fourth-order valence-electron chi connectivity index (χ4n) is 2.12. The highest BCUT2D eigenvalue weighted by Gasteiger charge is 2.05. The average molecular weight is 281 g/mol. The highest BCUT2D eigenvalue weighted by Crippen LogP contribution is 2.14. The van der Waals surface area contributed by atoms with Crippen molar-refractivity contribution in [2.75, 3.05) is 5.32 Å². The summed E-state index contributed by atoms with van der Waals surface area (Å²) in [5.74, 6) is 0.518. The highest BCUT2D eigenvalue weighted by molar-refractivity contribution is 5.91. The van der Waals surface area contributed by atoms with Crippen LogP contribution in [-0.4, -0.2) is 26.1 Å². The minimum Gasteiger partial charge on any atom is -0.311 e. The lowest BCUT2D eigenvalue weighted by Gasteiger charge is -2.04. The molecule has 0 saturated carbocycles. The Bertz CT molecular complexity index is 738. The minimum atomic E-state index is -0.0331. The van der Waals surface area contributed by atoms with Crippen LogP contribution in [-0.2, 0) is 11.2 Å².